The first-order valence-electron chi connectivity index (χ1n) is 6.97. The van der Waals surface area contributed by atoms with Gasteiger partial charge in [-0.15, -0.1) is 0 Å². The molecule has 1 fully saturated rings. The molecule has 1 N–H and O–H groups in total. The average Bonchev–Trinajstić information content (AvgIpc) is 2.44. The number of hydrogen-bond donors (Lipinski definition) is 1. The lowest BCUT2D eigenvalue weighted by Crippen LogP contribution is -2.41. The van der Waals surface area contributed by atoms with Crippen molar-refractivity contribution in [3.05, 3.63) is 0 Å². The number of hydrogen-bond acceptors (Lipinski definition) is 4. The Morgan fingerprint density at radius 3 is 2.47 bits per heavy atom. The van der Waals surface area contributed by atoms with E-state index >= 15 is 0 Å². The van der Waals surface area contributed by atoms with E-state index in [9.17, 15) is 14.4 Å². The fourth-order valence-electron chi connectivity index (χ4n) is 2.13. The smallest absolute Gasteiger partial charge is 0.223 e. The molecule has 2 unspecified atom stereocenters. The number of nitrogens with one attached hydrogen (secondary N) is 1. The summed E-state index contributed by atoms with van der Waals surface area (Å²) in [4.78, 5) is 34.3. The van der Waals surface area contributed by atoms with Gasteiger partial charge in [0.1, 0.15) is 6.29 Å². The van der Waals surface area contributed by atoms with Crippen LogP contribution in [0.2, 0.25) is 0 Å². The van der Waals surface area contributed by atoms with Crippen molar-refractivity contribution in [2.24, 2.45) is 11.8 Å². The highest BCUT2D eigenvalue weighted by Crippen LogP contribution is 2.23. The fourth-order valence-corrected chi connectivity index (χ4v) is 2.95. The fraction of sp³-hybridized carbons (Fsp3) is 0.786. The molecule has 5 heteroatoms. The average molecular weight is 285 g/mol. The summed E-state index contributed by atoms with van der Waals surface area (Å²) >= 11 is 1.12. The van der Waals surface area contributed by atoms with Crippen LogP contribution in [-0.4, -0.2) is 29.1 Å². The van der Waals surface area contributed by atoms with Crippen LogP contribution < -0.4 is 5.32 Å². The highest BCUT2D eigenvalue weighted by molar-refractivity contribution is 8.13. The lowest BCUT2D eigenvalue weighted by molar-refractivity contribution is -0.128. The molecular formula is C14H23NO3S. The first-order chi connectivity index (χ1) is 9.04. The molecule has 0 heterocycles. The van der Waals surface area contributed by atoms with Gasteiger partial charge in [0.15, 0.2) is 0 Å². The van der Waals surface area contributed by atoms with Crippen molar-refractivity contribution < 1.29 is 14.4 Å². The van der Waals surface area contributed by atoms with Gasteiger partial charge in [-0.3, -0.25) is 9.59 Å². The van der Waals surface area contributed by atoms with Crippen LogP contribution in [0.3, 0.4) is 0 Å². The largest absolute Gasteiger partial charge is 0.345 e. The molecule has 0 radical (unpaired) electrons. The van der Waals surface area contributed by atoms with Gasteiger partial charge in [-0.1, -0.05) is 37.9 Å². The number of carbonyl (C=O) groups is 3. The van der Waals surface area contributed by atoms with E-state index in [4.69, 9.17) is 0 Å². The molecule has 0 saturated heterocycles. The Labute approximate surface area is 119 Å². The van der Waals surface area contributed by atoms with Crippen molar-refractivity contribution in [3.8, 4) is 0 Å². The van der Waals surface area contributed by atoms with Crippen molar-refractivity contribution in [1.82, 2.24) is 5.32 Å². The minimum absolute atomic E-state index is 0.00425. The maximum absolute atomic E-state index is 12.0. The summed E-state index contributed by atoms with van der Waals surface area (Å²) in [6.07, 6.45) is 6.12. The Bertz CT molecular complexity index is 327. The predicted molar refractivity (Wildman–Crippen MR) is 76.9 cm³/mol. The molecule has 0 aliphatic heterocycles. The van der Waals surface area contributed by atoms with Gasteiger partial charge < -0.3 is 10.1 Å². The summed E-state index contributed by atoms with van der Waals surface area (Å²) in [5.74, 6) is 0.425. The molecule has 0 bridgehead atoms. The van der Waals surface area contributed by atoms with E-state index in [-0.39, 0.29) is 22.9 Å². The quantitative estimate of drug-likeness (QED) is 0.760. The minimum Gasteiger partial charge on any atom is -0.345 e. The van der Waals surface area contributed by atoms with Crippen molar-refractivity contribution in [2.75, 3.05) is 5.75 Å². The molecule has 0 spiro atoms. The van der Waals surface area contributed by atoms with E-state index in [1.807, 2.05) is 0 Å². The van der Waals surface area contributed by atoms with Crippen molar-refractivity contribution in [3.63, 3.8) is 0 Å². The van der Waals surface area contributed by atoms with Gasteiger partial charge in [-0.05, 0) is 19.8 Å². The molecule has 1 aliphatic rings. The van der Waals surface area contributed by atoms with Gasteiger partial charge in [0.2, 0.25) is 11.0 Å². The highest BCUT2D eigenvalue weighted by atomic mass is 32.2. The third-order valence-corrected chi connectivity index (χ3v) is 4.74. The molecule has 2 atom stereocenters. The SMILES string of the molecule is CC(C=O)CSC(=O)C(C)NC(=O)C1CCCCC1. The van der Waals surface area contributed by atoms with Crippen LogP contribution in [0, 0.1) is 11.8 Å². The third kappa shape index (κ3) is 5.76. The van der Waals surface area contributed by atoms with E-state index in [1.54, 1.807) is 13.8 Å². The van der Waals surface area contributed by atoms with Crippen molar-refractivity contribution in [2.45, 2.75) is 52.0 Å². The lowest BCUT2D eigenvalue weighted by atomic mass is 9.88. The van der Waals surface area contributed by atoms with Crippen LogP contribution in [-0.2, 0) is 14.4 Å². The molecule has 19 heavy (non-hydrogen) atoms. The van der Waals surface area contributed by atoms with Gasteiger partial charge in [0.05, 0.1) is 6.04 Å². The number of rotatable bonds is 6. The molecule has 1 aliphatic carbocycles. The van der Waals surface area contributed by atoms with Crippen LogP contribution in [0.4, 0.5) is 0 Å². The zero-order valence-electron chi connectivity index (χ0n) is 11.7. The maximum atomic E-state index is 12.0. The second-order valence-corrected chi connectivity index (χ2v) is 6.33. The van der Waals surface area contributed by atoms with E-state index in [2.05, 4.69) is 5.32 Å². The molecule has 1 rings (SSSR count). The molecule has 4 nitrogen and oxygen atoms in total. The second kappa shape index (κ2) is 8.35. The van der Waals surface area contributed by atoms with E-state index < -0.39 is 6.04 Å². The summed E-state index contributed by atoms with van der Waals surface area (Å²) in [6, 6.07) is -0.474. The normalized spacial score (nSPS) is 19.5. The Morgan fingerprint density at radius 2 is 1.89 bits per heavy atom. The van der Waals surface area contributed by atoms with Crippen LogP contribution in [0.15, 0.2) is 0 Å². The van der Waals surface area contributed by atoms with Gasteiger partial charge in [-0.25, -0.2) is 0 Å². The predicted octanol–water partition coefficient (Wildman–Crippen LogP) is 2.17. The summed E-state index contributed by atoms with van der Waals surface area (Å²) in [5.41, 5.74) is 0. The first kappa shape index (κ1) is 16.2. The summed E-state index contributed by atoms with van der Waals surface area (Å²) in [7, 11) is 0. The molecule has 0 aromatic heterocycles. The van der Waals surface area contributed by atoms with Crippen LogP contribution in [0.1, 0.15) is 46.0 Å². The Hall–Kier alpha value is -0.840. The van der Waals surface area contributed by atoms with Crippen molar-refractivity contribution in [1.29, 1.82) is 0 Å². The molecule has 1 amide bonds. The van der Waals surface area contributed by atoms with Gasteiger partial charge in [-0.2, -0.15) is 0 Å². The Morgan fingerprint density at radius 1 is 1.26 bits per heavy atom. The van der Waals surface area contributed by atoms with Crippen LogP contribution >= 0.6 is 11.8 Å². The summed E-state index contributed by atoms with van der Waals surface area (Å²) < 4.78 is 0. The molecule has 0 aromatic rings. The number of thioether (sulfide) groups is 1. The van der Waals surface area contributed by atoms with Gasteiger partial charge >= 0.3 is 0 Å². The van der Waals surface area contributed by atoms with Gasteiger partial charge in [0, 0.05) is 17.6 Å². The monoisotopic (exact) mass is 285 g/mol. The zero-order valence-corrected chi connectivity index (χ0v) is 12.5. The molecule has 108 valence electrons. The maximum Gasteiger partial charge on any atom is 0.223 e. The number of carbonyl (C=O) groups excluding carboxylic acids is 3. The van der Waals surface area contributed by atoms with E-state index in [0.29, 0.717) is 5.75 Å². The second-order valence-electron chi connectivity index (χ2n) is 5.31. The molecule has 0 aromatic carbocycles. The van der Waals surface area contributed by atoms with Crippen LogP contribution in [0.5, 0.6) is 0 Å². The first-order valence-corrected chi connectivity index (χ1v) is 7.95. The van der Waals surface area contributed by atoms with Gasteiger partial charge in [0.25, 0.3) is 0 Å². The topological polar surface area (TPSA) is 63.2 Å². The Kier molecular flexibility index (Phi) is 7.13. The highest BCUT2D eigenvalue weighted by Gasteiger charge is 2.24. The Balaban J connectivity index is 2.32. The summed E-state index contributed by atoms with van der Waals surface area (Å²) in [6.45, 7) is 3.49. The third-order valence-electron chi connectivity index (χ3n) is 3.41. The standard InChI is InChI=1S/C14H23NO3S/c1-10(8-16)9-19-14(18)11(2)15-13(17)12-6-4-3-5-7-12/h8,10-12H,3-7,9H2,1-2H3,(H,15,17). The number of amides is 1. The number of aldehydes is 1. The lowest BCUT2D eigenvalue weighted by Gasteiger charge is -2.22. The summed E-state index contributed by atoms with van der Waals surface area (Å²) in [5, 5.41) is 2.72. The van der Waals surface area contributed by atoms with E-state index in [1.165, 1.54) is 6.42 Å². The van der Waals surface area contributed by atoms with Crippen molar-refractivity contribution >= 4 is 29.1 Å². The van der Waals surface area contributed by atoms with Crippen LogP contribution in [0.25, 0.3) is 0 Å². The zero-order chi connectivity index (χ0) is 14.3. The van der Waals surface area contributed by atoms with E-state index in [0.717, 1.165) is 43.7 Å². The molecular weight excluding hydrogens is 262 g/mol. The molecule has 1 saturated carbocycles. The minimum atomic E-state index is -0.474.